The number of hydrogen-bond donors (Lipinski definition) is 2. The van der Waals surface area contributed by atoms with Crippen LogP contribution in [-0.4, -0.2) is 17.5 Å². The standard InChI is InChI=1S/BrH.2Co.H2O4S/c;;;1-5(2,3)4/h1H;;;(H2,1,2,3,4)/q;;+1;/p-1. The fourth-order valence-electron chi connectivity index (χ4n) is 0. The summed E-state index contributed by atoms with van der Waals surface area (Å²) in [6.45, 7) is 0. The van der Waals surface area contributed by atoms with Crippen molar-refractivity contribution in [2.75, 3.05) is 0 Å². The first-order valence-corrected chi connectivity index (χ1v) is 4.79. The molecule has 0 spiro atoms. The second-order valence-electron chi connectivity index (χ2n) is 0.448. The van der Waals surface area contributed by atoms with Crippen molar-refractivity contribution >= 4 is 24.6 Å². The molecule has 8 heavy (non-hydrogen) atoms. The number of rotatable bonds is 0. The topological polar surface area (TPSA) is 74.6 Å². The fourth-order valence-corrected chi connectivity index (χ4v) is 0. The van der Waals surface area contributed by atoms with Gasteiger partial charge in [0.15, 0.2) is 0 Å². The summed E-state index contributed by atoms with van der Waals surface area (Å²) in [5.74, 6) is 0. The van der Waals surface area contributed by atoms with E-state index >= 15 is 0 Å². The fraction of sp³-hybridized carbons (Fsp3) is 0. The molecule has 0 aromatic carbocycles. The van der Waals surface area contributed by atoms with E-state index in [2.05, 4.69) is 28.1 Å². The molecule has 0 aromatic heterocycles. The quantitative estimate of drug-likeness (QED) is 0.626. The molecule has 0 aliphatic carbocycles. The molecule has 0 amide bonds. The van der Waals surface area contributed by atoms with Gasteiger partial charge in [0, 0.05) is 16.8 Å². The first kappa shape index (κ1) is 16.2. The third kappa shape index (κ3) is 160. The predicted octanol–water partition coefficient (Wildman–Crippen LogP) is 0.188. The van der Waals surface area contributed by atoms with Gasteiger partial charge in [-0.25, -0.2) is 0 Å². The van der Waals surface area contributed by atoms with E-state index in [1.165, 1.54) is 0 Å². The van der Waals surface area contributed by atoms with Crippen LogP contribution < -0.4 is 0 Å². The molecule has 8 heteroatoms. The van der Waals surface area contributed by atoms with Gasteiger partial charge >= 0.3 is 38.5 Å². The van der Waals surface area contributed by atoms with E-state index in [4.69, 9.17) is 17.5 Å². The molecule has 0 fully saturated rings. The van der Waals surface area contributed by atoms with Crippen molar-refractivity contribution in [3.8, 4) is 0 Å². The molecule has 0 rings (SSSR count). The van der Waals surface area contributed by atoms with E-state index < -0.39 is 10.4 Å². The molecule has 0 bridgehead atoms. The van der Waals surface area contributed by atoms with E-state index in [0.717, 1.165) is 0 Å². The second-order valence-corrected chi connectivity index (χ2v) is 1.34. The van der Waals surface area contributed by atoms with Gasteiger partial charge in [-0.1, -0.05) is 0 Å². The molecule has 1 radical (unpaired) electrons. The van der Waals surface area contributed by atoms with Crippen LogP contribution in [0.3, 0.4) is 0 Å². The van der Waals surface area contributed by atoms with Crippen LogP contribution in [-0.2, 0) is 41.1 Å². The summed E-state index contributed by atoms with van der Waals surface area (Å²) in [5.41, 5.74) is 0. The normalized spacial score (nSPS) is 8.12. The maximum absolute atomic E-state index is 8.74. The summed E-state index contributed by atoms with van der Waals surface area (Å²) in [4.78, 5) is 0. The van der Waals surface area contributed by atoms with Crippen molar-refractivity contribution in [2.24, 2.45) is 0 Å². The van der Waals surface area contributed by atoms with Gasteiger partial charge in [0.2, 0.25) is 0 Å². The van der Waals surface area contributed by atoms with Gasteiger partial charge in [0.1, 0.15) is 0 Å². The van der Waals surface area contributed by atoms with Crippen LogP contribution in [0.5, 0.6) is 0 Å². The Balaban J connectivity index is -0.0000000750. The monoisotopic (exact) mass is 295 g/mol. The predicted molar refractivity (Wildman–Crippen MR) is 23.1 cm³/mol. The molecule has 0 atom stereocenters. The average Bonchev–Trinajstić information content (AvgIpc) is 1.36. The van der Waals surface area contributed by atoms with Crippen molar-refractivity contribution < 1.29 is 48.3 Å². The van der Waals surface area contributed by atoms with Crippen molar-refractivity contribution in [3.63, 3.8) is 0 Å². The van der Waals surface area contributed by atoms with E-state index in [0.29, 0.717) is 0 Å². The molecule has 4 nitrogen and oxygen atoms in total. The molecule has 0 unspecified atom stereocenters. The number of halogens is 1. The Hall–Kier alpha value is 1.36. The van der Waals surface area contributed by atoms with E-state index in [-0.39, 0.29) is 16.8 Å². The first-order valence-electron chi connectivity index (χ1n) is 0.824. The van der Waals surface area contributed by atoms with Crippen LogP contribution in [0.1, 0.15) is 0 Å². The molecular weight excluding hydrogens is 294 g/mol. The Morgan fingerprint density at radius 3 is 1.25 bits per heavy atom. The van der Waals surface area contributed by atoms with Crippen LogP contribution in [0.4, 0.5) is 0 Å². The number of hydrogen-bond acceptors (Lipinski definition) is 2. The molecule has 0 aliphatic rings. The molecule has 2 N–H and O–H groups in total. The van der Waals surface area contributed by atoms with Crippen molar-refractivity contribution in [1.82, 2.24) is 0 Å². The van der Waals surface area contributed by atoms with Crippen LogP contribution in [0.25, 0.3) is 0 Å². The SMILES string of the molecule is O=S(=O)(O)O.[Co].[Co][Br]. The van der Waals surface area contributed by atoms with Crippen LogP contribution in [0, 0.1) is 0 Å². The van der Waals surface area contributed by atoms with Crippen LogP contribution >= 0.6 is 14.2 Å². The zero-order chi connectivity index (χ0) is 6.50. The van der Waals surface area contributed by atoms with Crippen molar-refractivity contribution in [2.45, 2.75) is 0 Å². The summed E-state index contributed by atoms with van der Waals surface area (Å²) in [5, 5.41) is 0. The zero-order valence-corrected chi connectivity index (χ0v) is 7.65. The van der Waals surface area contributed by atoms with Gasteiger partial charge in [-0.3, -0.25) is 9.11 Å². The zero-order valence-electron chi connectivity index (χ0n) is 3.16. The Labute approximate surface area is 72.5 Å². The molecule has 57 valence electrons. The van der Waals surface area contributed by atoms with E-state index in [9.17, 15) is 0 Å². The molecule has 0 saturated heterocycles. The van der Waals surface area contributed by atoms with Crippen LogP contribution in [0.15, 0.2) is 0 Å². The molecule has 0 saturated carbocycles. The first-order chi connectivity index (χ1) is 3.00. The van der Waals surface area contributed by atoms with Gasteiger partial charge < -0.3 is 0 Å². The van der Waals surface area contributed by atoms with Gasteiger partial charge in [-0.15, -0.1) is 0 Å². The van der Waals surface area contributed by atoms with Gasteiger partial charge in [-0.05, 0) is 0 Å². The van der Waals surface area contributed by atoms with Gasteiger partial charge in [-0.2, -0.15) is 8.42 Å². The summed E-state index contributed by atoms with van der Waals surface area (Å²) in [6.07, 6.45) is 0. The van der Waals surface area contributed by atoms with Crippen LogP contribution in [0.2, 0.25) is 0 Å². The summed E-state index contributed by atoms with van der Waals surface area (Å²) in [7, 11) is -4.67. The van der Waals surface area contributed by atoms with E-state index in [1.807, 2.05) is 0 Å². The third-order valence-electron chi connectivity index (χ3n) is 0. The third-order valence-corrected chi connectivity index (χ3v) is 0. The molecule has 0 aromatic rings. The summed E-state index contributed by atoms with van der Waals surface area (Å²) in [6, 6.07) is 0. The van der Waals surface area contributed by atoms with E-state index in [1.54, 1.807) is 0 Å². The summed E-state index contributed by atoms with van der Waals surface area (Å²) < 4.78 is 31.6. The van der Waals surface area contributed by atoms with Crippen molar-refractivity contribution in [1.29, 1.82) is 0 Å². The Bertz CT molecular complexity index is 97.2. The molecule has 0 heterocycles. The second kappa shape index (κ2) is 8.36. The van der Waals surface area contributed by atoms with Gasteiger partial charge in [0.05, 0.1) is 0 Å². The molecular formula is H2BrCo2O4S. The Morgan fingerprint density at radius 1 is 1.25 bits per heavy atom. The minimum absolute atomic E-state index is 0. The maximum atomic E-state index is 8.74. The Morgan fingerprint density at radius 2 is 1.25 bits per heavy atom. The Kier molecular flexibility index (Phi) is 16.9. The van der Waals surface area contributed by atoms with Gasteiger partial charge in [0.25, 0.3) is 0 Å². The van der Waals surface area contributed by atoms with Crippen molar-refractivity contribution in [3.05, 3.63) is 0 Å². The average molecular weight is 296 g/mol. The molecule has 0 aliphatic heterocycles. The summed E-state index contributed by atoms with van der Waals surface area (Å²) >= 11 is 6.00. The minimum atomic E-state index is -4.67.